The molecule has 0 aromatic carbocycles. The van der Waals surface area contributed by atoms with E-state index in [4.69, 9.17) is 10.5 Å². The number of aldehydes is 1. The number of halogens is 1. The zero-order chi connectivity index (χ0) is 15.9. The highest BCUT2D eigenvalue weighted by molar-refractivity contribution is 5.65. The molecular weight excluding hydrogens is 291 g/mol. The number of nitrogens with two attached hydrogens (primary N) is 1. The SMILES string of the molecule is CCC1CC=Nc2c(ncn2C2OC(C=O)C(O)C2F)C1N. The molecule has 0 radical (unpaired) electrons. The lowest BCUT2D eigenvalue weighted by atomic mass is 9.93. The van der Waals surface area contributed by atoms with Crippen molar-refractivity contribution in [3.63, 3.8) is 0 Å². The van der Waals surface area contributed by atoms with Gasteiger partial charge in [-0.3, -0.25) is 4.57 Å². The second-order valence-corrected chi connectivity index (χ2v) is 5.66. The number of aliphatic hydroxyl groups excluding tert-OH is 1. The minimum absolute atomic E-state index is 0.215. The van der Waals surface area contributed by atoms with E-state index in [1.807, 2.05) is 6.92 Å². The van der Waals surface area contributed by atoms with Crippen molar-refractivity contribution in [3.8, 4) is 0 Å². The van der Waals surface area contributed by atoms with Crippen LogP contribution in [0.5, 0.6) is 0 Å². The molecule has 120 valence electrons. The molecule has 1 aromatic rings. The molecule has 0 bridgehead atoms. The second kappa shape index (κ2) is 5.86. The maximum Gasteiger partial charge on any atom is 0.174 e. The predicted octanol–water partition coefficient (Wildman–Crippen LogP) is 0.810. The van der Waals surface area contributed by atoms with Crippen LogP contribution in [0.4, 0.5) is 10.2 Å². The van der Waals surface area contributed by atoms with Crippen LogP contribution < -0.4 is 5.73 Å². The van der Waals surface area contributed by atoms with Gasteiger partial charge in [0.1, 0.15) is 17.9 Å². The van der Waals surface area contributed by atoms with Crippen molar-refractivity contribution in [2.45, 2.75) is 50.4 Å². The Morgan fingerprint density at radius 2 is 2.41 bits per heavy atom. The Balaban J connectivity index is 1.96. The highest BCUT2D eigenvalue weighted by atomic mass is 19.1. The molecule has 0 amide bonds. The molecule has 7 nitrogen and oxygen atoms in total. The summed E-state index contributed by atoms with van der Waals surface area (Å²) in [6.45, 7) is 2.04. The Morgan fingerprint density at radius 3 is 3.05 bits per heavy atom. The van der Waals surface area contributed by atoms with Gasteiger partial charge in [0, 0.05) is 6.21 Å². The smallest absolute Gasteiger partial charge is 0.174 e. The molecule has 8 heteroatoms. The number of alkyl halides is 1. The number of aliphatic imine (C=N–C) groups is 1. The molecule has 0 aliphatic carbocycles. The number of aromatic nitrogens is 2. The number of ether oxygens (including phenoxy) is 1. The minimum Gasteiger partial charge on any atom is -0.387 e. The largest absolute Gasteiger partial charge is 0.387 e. The third kappa shape index (κ3) is 2.27. The number of fused-ring (bicyclic) bond motifs is 1. The maximum atomic E-state index is 14.2. The number of hydrogen-bond donors (Lipinski definition) is 2. The van der Waals surface area contributed by atoms with Crippen molar-refractivity contribution in [1.82, 2.24) is 9.55 Å². The normalized spacial score (nSPS) is 37.8. The summed E-state index contributed by atoms with van der Waals surface area (Å²) in [6, 6.07) is -0.296. The van der Waals surface area contributed by atoms with E-state index in [1.165, 1.54) is 10.9 Å². The van der Waals surface area contributed by atoms with E-state index in [0.717, 1.165) is 12.8 Å². The molecule has 1 saturated heterocycles. The van der Waals surface area contributed by atoms with Crippen molar-refractivity contribution in [2.24, 2.45) is 16.6 Å². The van der Waals surface area contributed by atoms with Gasteiger partial charge in [-0.15, -0.1) is 0 Å². The highest BCUT2D eigenvalue weighted by Gasteiger charge is 2.46. The molecule has 1 aromatic heterocycles. The van der Waals surface area contributed by atoms with E-state index in [-0.39, 0.29) is 12.0 Å². The number of hydrogen-bond acceptors (Lipinski definition) is 6. The van der Waals surface area contributed by atoms with Crippen molar-refractivity contribution in [3.05, 3.63) is 12.0 Å². The molecule has 3 heterocycles. The summed E-state index contributed by atoms with van der Waals surface area (Å²) < 4.78 is 20.9. The van der Waals surface area contributed by atoms with Crippen LogP contribution >= 0.6 is 0 Å². The van der Waals surface area contributed by atoms with E-state index in [1.54, 1.807) is 6.21 Å². The number of carbonyl (C=O) groups is 1. The number of imidazole rings is 1. The van der Waals surface area contributed by atoms with E-state index in [9.17, 15) is 14.3 Å². The van der Waals surface area contributed by atoms with Crippen LogP contribution in [0.1, 0.15) is 37.7 Å². The van der Waals surface area contributed by atoms with Crippen LogP contribution in [0, 0.1) is 5.92 Å². The first-order valence-electron chi connectivity index (χ1n) is 7.36. The van der Waals surface area contributed by atoms with Crippen LogP contribution in [-0.4, -0.2) is 45.5 Å². The summed E-state index contributed by atoms with van der Waals surface area (Å²) >= 11 is 0. The molecule has 6 atom stereocenters. The van der Waals surface area contributed by atoms with Gasteiger partial charge in [-0.1, -0.05) is 13.3 Å². The van der Waals surface area contributed by atoms with Gasteiger partial charge in [-0.2, -0.15) is 0 Å². The third-order valence-electron chi connectivity index (χ3n) is 4.40. The Morgan fingerprint density at radius 1 is 1.64 bits per heavy atom. The summed E-state index contributed by atoms with van der Waals surface area (Å²) in [5.41, 5.74) is 6.82. The lowest BCUT2D eigenvalue weighted by Crippen LogP contribution is -2.29. The first kappa shape index (κ1) is 15.3. The fraction of sp³-hybridized carbons (Fsp3) is 0.643. The third-order valence-corrected chi connectivity index (χ3v) is 4.40. The number of nitrogens with zero attached hydrogens (tertiary/aromatic N) is 3. The topological polar surface area (TPSA) is 103 Å². The van der Waals surface area contributed by atoms with Gasteiger partial charge in [0.05, 0.1) is 12.4 Å². The van der Waals surface area contributed by atoms with Crippen molar-refractivity contribution < 1.29 is 19.0 Å². The van der Waals surface area contributed by atoms with E-state index in [2.05, 4.69) is 9.98 Å². The van der Waals surface area contributed by atoms with Gasteiger partial charge >= 0.3 is 0 Å². The van der Waals surface area contributed by atoms with Gasteiger partial charge in [-0.25, -0.2) is 14.4 Å². The Labute approximate surface area is 127 Å². The maximum absolute atomic E-state index is 14.2. The van der Waals surface area contributed by atoms with Crippen molar-refractivity contribution in [1.29, 1.82) is 0 Å². The molecule has 2 aliphatic rings. The standard InChI is InChI=1S/C14H19FN4O3/c1-2-7-3-4-17-13-11(10(7)16)18-6-19(13)14-9(15)12(21)8(5-20)22-14/h4-10,12,14,21H,2-3,16H2,1H3. The lowest BCUT2D eigenvalue weighted by Gasteiger charge is -2.18. The molecule has 22 heavy (non-hydrogen) atoms. The van der Waals surface area contributed by atoms with Gasteiger partial charge in [0.25, 0.3) is 0 Å². The number of carbonyl (C=O) groups excluding carboxylic acids is 1. The number of rotatable bonds is 3. The van der Waals surface area contributed by atoms with Crippen LogP contribution in [0.15, 0.2) is 11.3 Å². The molecule has 2 aliphatic heterocycles. The first-order chi connectivity index (χ1) is 10.6. The summed E-state index contributed by atoms with van der Waals surface area (Å²) in [6.07, 6.45) is -0.402. The van der Waals surface area contributed by atoms with Crippen LogP contribution in [0.3, 0.4) is 0 Å². The zero-order valence-electron chi connectivity index (χ0n) is 12.2. The molecule has 3 rings (SSSR count). The lowest BCUT2D eigenvalue weighted by molar-refractivity contribution is -0.122. The van der Waals surface area contributed by atoms with E-state index in [0.29, 0.717) is 17.8 Å². The van der Waals surface area contributed by atoms with Crippen LogP contribution in [0.2, 0.25) is 0 Å². The average molecular weight is 310 g/mol. The zero-order valence-corrected chi connectivity index (χ0v) is 12.2. The summed E-state index contributed by atoms with van der Waals surface area (Å²) in [5.74, 6) is 0.641. The highest BCUT2D eigenvalue weighted by Crippen LogP contribution is 2.39. The number of aliphatic hydroxyl groups is 1. The summed E-state index contributed by atoms with van der Waals surface area (Å²) in [7, 11) is 0. The average Bonchev–Trinajstić information content (AvgIpc) is 3.00. The monoisotopic (exact) mass is 310 g/mol. The molecule has 3 N–H and O–H groups in total. The quantitative estimate of drug-likeness (QED) is 0.804. The fourth-order valence-electron chi connectivity index (χ4n) is 2.99. The molecule has 0 spiro atoms. The van der Waals surface area contributed by atoms with Gasteiger partial charge in [0.15, 0.2) is 24.5 Å². The van der Waals surface area contributed by atoms with Gasteiger partial charge in [-0.05, 0) is 12.3 Å². The van der Waals surface area contributed by atoms with Gasteiger partial charge in [0.2, 0.25) is 0 Å². The van der Waals surface area contributed by atoms with Gasteiger partial charge < -0.3 is 20.4 Å². The molecule has 0 saturated carbocycles. The summed E-state index contributed by atoms with van der Waals surface area (Å²) in [5, 5.41) is 9.69. The van der Waals surface area contributed by atoms with Crippen LogP contribution in [0.25, 0.3) is 0 Å². The summed E-state index contributed by atoms with van der Waals surface area (Å²) in [4.78, 5) is 19.4. The Bertz CT molecular complexity index is 591. The Kier molecular flexibility index (Phi) is 4.07. The predicted molar refractivity (Wildman–Crippen MR) is 76.6 cm³/mol. The minimum atomic E-state index is -1.73. The van der Waals surface area contributed by atoms with E-state index >= 15 is 0 Å². The van der Waals surface area contributed by atoms with Crippen LogP contribution in [-0.2, 0) is 9.53 Å². The molecule has 6 unspecified atom stereocenters. The molecule has 1 fully saturated rings. The first-order valence-corrected chi connectivity index (χ1v) is 7.36. The van der Waals surface area contributed by atoms with Crippen molar-refractivity contribution in [2.75, 3.05) is 0 Å². The van der Waals surface area contributed by atoms with Crippen molar-refractivity contribution >= 4 is 18.3 Å². The van der Waals surface area contributed by atoms with E-state index < -0.39 is 24.6 Å². The Hall–Kier alpha value is -1.64. The fourth-order valence-corrected chi connectivity index (χ4v) is 2.99. The second-order valence-electron chi connectivity index (χ2n) is 5.66. The molecular formula is C14H19FN4O3.